The van der Waals surface area contributed by atoms with Gasteiger partial charge in [-0.25, -0.2) is 14.8 Å². The Hall–Kier alpha value is -4.65. The van der Waals surface area contributed by atoms with Gasteiger partial charge in [-0.3, -0.25) is 9.69 Å². The van der Waals surface area contributed by atoms with E-state index in [-0.39, 0.29) is 6.42 Å². The second-order valence-electron chi connectivity index (χ2n) is 8.21. The predicted octanol–water partition coefficient (Wildman–Crippen LogP) is 4.23. The quantitative estimate of drug-likeness (QED) is 0.320. The molecular weight excluding hydrogens is 438 g/mol. The molecule has 2 aromatic heterocycles. The number of aromatic nitrogens is 4. The first-order valence-corrected chi connectivity index (χ1v) is 11.4. The van der Waals surface area contributed by atoms with Crippen LogP contribution in [0.2, 0.25) is 0 Å². The number of carbonyl (C=O) groups is 1. The zero-order valence-corrected chi connectivity index (χ0v) is 19.0. The van der Waals surface area contributed by atoms with Crippen LogP contribution in [0.3, 0.4) is 0 Å². The largest absolute Gasteiger partial charge is 0.480 e. The highest BCUT2D eigenvalue weighted by Gasteiger charge is 2.48. The monoisotopic (exact) mass is 463 g/mol. The van der Waals surface area contributed by atoms with Crippen molar-refractivity contribution < 1.29 is 9.90 Å². The summed E-state index contributed by atoms with van der Waals surface area (Å²) in [6.07, 6.45) is 8.57. The molecule has 0 amide bonds. The van der Waals surface area contributed by atoms with Gasteiger partial charge in [-0.05, 0) is 16.7 Å². The second-order valence-corrected chi connectivity index (χ2v) is 8.21. The minimum atomic E-state index is -0.996. The highest BCUT2D eigenvalue weighted by atomic mass is 16.4. The number of rotatable bonds is 9. The van der Waals surface area contributed by atoms with Crippen LogP contribution < -0.4 is 5.01 Å². The number of hydrogen-bond acceptors (Lipinski definition) is 4. The number of carboxylic acid groups (broad SMARTS) is 1. The highest BCUT2D eigenvalue weighted by molar-refractivity contribution is 5.77. The van der Waals surface area contributed by atoms with E-state index in [1.54, 1.807) is 35.9 Å². The van der Waals surface area contributed by atoms with E-state index in [0.717, 1.165) is 16.7 Å². The number of aromatic amines is 1. The molecule has 0 spiro atoms. The lowest BCUT2D eigenvalue weighted by Crippen LogP contribution is -2.61. The van der Waals surface area contributed by atoms with E-state index in [1.807, 2.05) is 96.0 Å². The maximum Gasteiger partial charge on any atom is 0.328 e. The number of benzene rings is 3. The molecule has 2 heterocycles. The summed E-state index contributed by atoms with van der Waals surface area (Å²) in [5.41, 5.74) is 2.45. The van der Waals surface area contributed by atoms with E-state index < -0.39 is 17.6 Å². The Kier molecular flexibility index (Phi) is 6.13. The maximum atomic E-state index is 13.0. The van der Waals surface area contributed by atoms with Gasteiger partial charge in [0.15, 0.2) is 0 Å². The average Bonchev–Trinajstić information content (AvgIpc) is 3.62. The van der Waals surface area contributed by atoms with Gasteiger partial charge in [0.25, 0.3) is 0 Å². The van der Waals surface area contributed by atoms with Crippen molar-refractivity contribution in [2.24, 2.45) is 0 Å². The zero-order valence-electron chi connectivity index (χ0n) is 19.0. The molecule has 0 aliphatic carbocycles. The van der Waals surface area contributed by atoms with Crippen LogP contribution in [0.5, 0.6) is 0 Å². The average molecular weight is 464 g/mol. The van der Waals surface area contributed by atoms with Gasteiger partial charge in [-0.15, -0.1) is 0 Å². The number of nitrogens with zero attached hydrogens (tertiary/aromatic N) is 4. The first kappa shape index (κ1) is 22.2. The molecule has 174 valence electrons. The summed E-state index contributed by atoms with van der Waals surface area (Å²) in [5.74, 6) is -0.964. The molecule has 0 aliphatic rings. The summed E-state index contributed by atoms with van der Waals surface area (Å²) in [6, 6.07) is 29.0. The van der Waals surface area contributed by atoms with Crippen LogP contribution in [0.15, 0.2) is 122 Å². The fraction of sp³-hybridized carbons (Fsp3) is 0.107. The normalized spacial score (nSPS) is 12.2. The van der Waals surface area contributed by atoms with Crippen molar-refractivity contribution in [1.29, 1.82) is 0 Å². The minimum Gasteiger partial charge on any atom is -0.480 e. The molecule has 5 aromatic rings. The summed E-state index contributed by atoms with van der Waals surface area (Å²) in [5, 5.41) is 12.5. The van der Waals surface area contributed by atoms with Crippen LogP contribution >= 0.6 is 0 Å². The van der Waals surface area contributed by atoms with Gasteiger partial charge >= 0.3 is 5.97 Å². The molecule has 0 saturated heterocycles. The summed E-state index contributed by atoms with van der Waals surface area (Å²) in [4.78, 5) is 24.5. The Bertz CT molecular complexity index is 1240. The van der Waals surface area contributed by atoms with Crippen molar-refractivity contribution >= 4 is 5.97 Å². The maximum absolute atomic E-state index is 13.0. The Balaban J connectivity index is 1.87. The lowest BCUT2D eigenvalue weighted by Gasteiger charge is -2.49. The van der Waals surface area contributed by atoms with E-state index >= 15 is 0 Å². The van der Waals surface area contributed by atoms with Crippen LogP contribution in [0.25, 0.3) is 0 Å². The van der Waals surface area contributed by atoms with E-state index in [4.69, 9.17) is 0 Å². The fourth-order valence-corrected chi connectivity index (χ4v) is 4.76. The Labute approximate surface area is 203 Å². The molecule has 2 N–H and O–H groups in total. The van der Waals surface area contributed by atoms with Gasteiger partial charge in [0.2, 0.25) is 0 Å². The second kappa shape index (κ2) is 9.69. The van der Waals surface area contributed by atoms with E-state index in [2.05, 4.69) is 15.0 Å². The number of nitrogens with one attached hydrogen (secondary N) is 1. The van der Waals surface area contributed by atoms with Crippen molar-refractivity contribution in [1.82, 2.24) is 19.6 Å². The zero-order chi connectivity index (χ0) is 24.1. The number of H-pyrrole nitrogens is 1. The van der Waals surface area contributed by atoms with Gasteiger partial charge < -0.3 is 10.1 Å². The molecule has 1 atom stereocenters. The summed E-state index contributed by atoms with van der Waals surface area (Å²) < 4.78 is 1.78. The fourth-order valence-electron chi connectivity index (χ4n) is 4.76. The molecular formula is C28H25N5O2. The van der Waals surface area contributed by atoms with Crippen molar-refractivity contribution in [2.75, 3.05) is 5.01 Å². The van der Waals surface area contributed by atoms with Crippen LogP contribution in [0.4, 0.5) is 0 Å². The van der Waals surface area contributed by atoms with Crippen LogP contribution in [0, 0.1) is 0 Å². The van der Waals surface area contributed by atoms with E-state index in [9.17, 15) is 9.90 Å². The van der Waals surface area contributed by atoms with E-state index in [0.29, 0.717) is 5.69 Å². The molecule has 35 heavy (non-hydrogen) atoms. The van der Waals surface area contributed by atoms with Gasteiger partial charge in [-0.2, -0.15) is 0 Å². The topological polar surface area (TPSA) is 87.0 Å². The Morgan fingerprint density at radius 2 is 1.46 bits per heavy atom. The number of carboxylic acids is 1. The van der Waals surface area contributed by atoms with Gasteiger partial charge in [0.1, 0.15) is 17.9 Å². The molecule has 0 bridgehead atoms. The summed E-state index contributed by atoms with van der Waals surface area (Å²) >= 11 is 0. The van der Waals surface area contributed by atoms with Gasteiger partial charge in [0, 0.05) is 25.0 Å². The van der Waals surface area contributed by atoms with Crippen molar-refractivity contribution in [3.63, 3.8) is 0 Å². The Morgan fingerprint density at radius 1 is 0.914 bits per heavy atom. The summed E-state index contributed by atoms with van der Waals surface area (Å²) in [6.45, 7) is 0. The Morgan fingerprint density at radius 3 is 1.86 bits per heavy atom. The van der Waals surface area contributed by atoms with Crippen molar-refractivity contribution in [2.45, 2.75) is 18.0 Å². The molecule has 0 saturated carbocycles. The number of imidazole rings is 2. The van der Waals surface area contributed by atoms with Gasteiger partial charge in [-0.1, -0.05) is 91.0 Å². The lowest BCUT2D eigenvalue weighted by atomic mass is 9.75. The molecule has 0 fully saturated rings. The van der Waals surface area contributed by atoms with Crippen LogP contribution in [0.1, 0.15) is 22.4 Å². The first-order chi connectivity index (χ1) is 17.2. The molecule has 0 radical (unpaired) electrons. The lowest BCUT2D eigenvalue weighted by molar-refractivity contribution is -0.139. The third-order valence-electron chi connectivity index (χ3n) is 6.20. The first-order valence-electron chi connectivity index (χ1n) is 11.4. The van der Waals surface area contributed by atoms with Crippen molar-refractivity contribution in [3.8, 4) is 0 Å². The third kappa shape index (κ3) is 4.08. The van der Waals surface area contributed by atoms with E-state index in [1.165, 1.54) is 0 Å². The standard InChI is InChI=1S/C28H25N5O2/c34-27(35)26(18-25-19-30-20-31-25)33(32-17-16-29-21-32)28(22-10-4-1-5-11-22,23-12-6-2-7-13-23)24-14-8-3-9-15-24/h1-17,19-21,26H,18H2,(H,30,31)(H,34,35)/t26-/m0/s1. The minimum absolute atomic E-state index is 0.186. The molecule has 0 aliphatic heterocycles. The molecule has 7 nitrogen and oxygen atoms in total. The van der Waals surface area contributed by atoms with Crippen LogP contribution in [-0.2, 0) is 16.8 Å². The smallest absolute Gasteiger partial charge is 0.328 e. The molecule has 5 rings (SSSR count). The summed E-state index contributed by atoms with van der Waals surface area (Å²) in [7, 11) is 0. The predicted molar refractivity (Wildman–Crippen MR) is 133 cm³/mol. The van der Waals surface area contributed by atoms with Crippen LogP contribution in [-0.4, -0.2) is 36.7 Å². The number of aliphatic carboxylic acids is 1. The molecule has 3 aromatic carbocycles. The molecule has 0 unspecified atom stereocenters. The highest BCUT2D eigenvalue weighted by Crippen LogP contribution is 2.43. The number of hydrogen-bond donors (Lipinski definition) is 2. The van der Waals surface area contributed by atoms with Gasteiger partial charge in [0.05, 0.1) is 12.0 Å². The molecule has 7 heteroatoms. The van der Waals surface area contributed by atoms with Crippen molar-refractivity contribution in [3.05, 3.63) is 145 Å². The third-order valence-corrected chi connectivity index (χ3v) is 6.20. The SMILES string of the molecule is O=C(O)[C@H](Cc1c[nH]cn1)N(n1ccnc1)C(c1ccccc1)(c1ccccc1)c1ccccc1.